The summed E-state index contributed by atoms with van der Waals surface area (Å²) in [7, 11) is 4.79. The first-order chi connectivity index (χ1) is 13.2. The molecule has 1 aromatic heterocycles. The van der Waals surface area contributed by atoms with E-state index in [2.05, 4.69) is 4.98 Å². The van der Waals surface area contributed by atoms with Crippen LogP contribution in [0, 0.1) is 0 Å². The topological polar surface area (TPSA) is 40.6 Å². The quantitative estimate of drug-likeness (QED) is 0.532. The fourth-order valence-electron chi connectivity index (χ4n) is 2.84. The number of hydrogen-bond donors (Lipinski definition) is 0. The van der Waals surface area contributed by atoms with Crippen LogP contribution in [0.3, 0.4) is 0 Å². The smallest absolute Gasteiger partial charge is 0.224 e. The van der Waals surface area contributed by atoms with Gasteiger partial charge in [-0.2, -0.15) is 4.98 Å². The van der Waals surface area contributed by atoms with Gasteiger partial charge in [-0.25, -0.2) is 0 Å². The molecule has 138 valence electrons. The van der Waals surface area contributed by atoms with Gasteiger partial charge in [0.2, 0.25) is 11.8 Å². The Morgan fingerprint density at radius 2 is 1.56 bits per heavy atom. The molecular weight excluding hydrogens is 362 g/mol. The molecule has 0 saturated carbocycles. The van der Waals surface area contributed by atoms with Crippen LogP contribution in [0.5, 0.6) is 11.8 Å². The molecule has 3 aromatic rings. The Labute approximate surface area is 164 Å². The number of nitrogens with zero attached hydrogens (tertiary/aromatic N) is 1. The molecule has 0 aliphatic carbocycles. The van der Waals surface area contributed by atoms with Crippen molar-refractivity contribution in [3.63, 3.8) is 0 Å². The van der Waals surface area contributed by atoms with E-state index in [1.165, 1.54) is 0 Å². The standard InChI is InChI=1S/C22H20ClNO3/c1-25-14-20(15-7-5-4-6-8-15)19-13-18(16-9-11-17(23)12-10-16)21(26-2)24-22(19)27-3/h4-14H,1-3H3. The van der Waals surface area contributed by atoms with Crippen molar-refractivity contribution in [3.8, 4) is 22.9 Å². The number of hydrogen-bond acceptors (Lipinski definition) is 4. The van der Waals surface area contributed by atoms with Crippen LogP contribution >= 0.6 is 11.6 Å². The zero-order valence-electron chi connectivity index (χ0n) is 15.4. The van der Waals surface area contributed by atoms with Gasteiger partial charge in [0.25, 0.3) is 0 Å². The summed E-state index contributed by atoms with van der Waals surface area (Å²) in [6.07, 6.45) is 1.69. The summed E-state index contributed by atoms with van der Waals surface area (Å²) in [6.45, 7) is 0. The van der Waals surface area contributed by atoms with Crippen molar-refractivity contribution in [1.82, 2.24) is 4.98 Å². The van der Waals surface area contributed by atoms with Crippen molar-refractivity contribution in [3.05, 3.63) is 83.1 Å². The zero-order valence-corrected chi connectivity index (χ0v) is 16.2. The van der Waals surface area contributed by atoms with Gasteiger partial charge in [0, 0.05) is 21.7 Å². The second-order valence-corrected chi connectivity index (χ2v) is 6.18. The van der Waals surface area contributed by atoms with Gasteiger partial charge >= 0.3 is 0 Å². The maximum absolute atomic E-state index is 6.03. The van der Waals surface area contributed by atoms with Gasteiger partial charge in [-0.3, -0.25) is 0 Å². The molecule has 0 unspecified atom stereocenters. The largest absolute Gasteiger partial charge is 0.504 e. The van der Waals surface area contributed by atoms with Gasteiger partial charge in [0.1, 0.15) is 0 Å². The second kappa shape index (κ2) is 8.60. The molecule has 0 radical (unpaired) electrons. The van der Waals surface area contributed by atoms with Crippen LogP contribution in [0.15, 0.2) is 66.9 Å². The Balaban J connectivity index is 2.23. The highest BCUT2D eigenvalue weighted by Crippen LogP contribution is 2.38. The van der Waals surface area contributed by atoms with E-state index in [-0.39, 0.29) is 0 Å². The van der Waals surface area contributed by atoms with E-state index >= 15 is 0 Å². The molecule has 0 aliphatic heterocycles. The molecule has 5 heteroatoms. The van der Waals surface area contributed by atoms with Crippen LogP contribution in [-0.4, -0.2) is 26.3 Å². The summed E-state index contributed by atoms with van der Waals surface area (Å²) in [5.41, 5.74) is 4.43. The first-order valence-electron chi connectivity index (χ1n) is 8.35. The zero-order chi connectivity index (χ0) is 19.2. The summed E-state index contributed by atoms with van der Waals surface area (Å²) in [6, 6.07) is 19.5. The number of aromatic nitrogens is 1. The molecule has 0 fully saturated rings. The minimum atomic E-state index is 0.455. The highest BCUT2D eigenvalue weighted by molar-refractivity contribution is 6.30. The van der Waals surface area contributed by atoms with Gasteiger partial charge in [-0.05, 0) is 29.3 Å². The summed E-state index contributed by atoms with van der Waals surface area (Å²) in [4.78, 5) is 4.56. The highest BCUT2D eigenvalue weighted by atomic mass is 35.5. The first-order valence-corrected chi connectivity index (χ1v) is 8.73. The first kappa shape index (κ1) is 18.8. The monoisotopic (exact) mass is 381 g/mol. The van der Waals surface area contributed by atoms with Crippen molar-refractivity contribution >= 4 is 17.2 Å². The number of pyridine rings is 1. The average molecular weight is 382 g/mol. The predicted octanol–water partition coefficient (Wildman–Crippen LogP) is 5.45. The molecule has 0 spiro atoms. The summed E-state index contributed by atoms with van der Waals surface area (Å²) in [5, 5.41) is 0.670. The Hall–Kier alpha value is -2.98. The number of rotatable bonds is 6. The van der Waals surface area contributed by atoms with Crippen LogP contribution in [0.1, 0.15) is 11.1 Å². The van der Waals surface area contributed by atoms with E-state index in [9.17, 15) is 0 Å². The van der Waals surface area contributed by atoms with Crippen LogP contribution < -0.4 is 9.47 Å². The third-order valence-electron chi connectivity index (χ3n) is 4.11. The number of benzene rings is 2. The molecule has 0 N–H and O–H groups in total. The lowest BCUT2D eigenvalue weighted by Gasteiger charge is -2.16. The average Bonchev–Trinajstić information content (AvgIpc) is 2.72. The van der Waals surface area contributed by atoms with E-state index in [4.69, 9.17) is 25.8 Å². The minimum Gasteiger partial charge on any atom is -0.504 e. The lowest BCUT2D eigenvalue weighted by molar-refractivity contribution is 0.339. The van der Waals surface area contributed by atoms with E-state index < -0.39 is 0 Å². The van der Waals surface area contributed by atoms with Crippen molar-refractivity contribution < 1.29 is 14.2 Å². The third-order valence-corrected chi connectivity index (χ3v) is 4.36. The molecule has 0 saturated heterocycles. The van der Waals surface area contributed by atoms with Gasteiger partial charge in [0.15, 0.2) is 0 Å². The molecule has 0 aliphatic rings. The van der Waals surface area contributed by atoms with Crippen molar-refractivity contribution in [2.45, 2.75) is 0 Å². The van der Waals surface area contributed by atoms with Gasteiger partial charge in [-0.15, -0.1) is 0 Å². The predicted molar refractivity (Wildman–Crippen MR) is 108 cm³/mol. The number of ether oxygens (including phenoxy) is 3. The molecule has 4 nitrogen and oxygen atoms in total. The Morgan fingerprint density at radius 1 is 0.889 bits per heavy atom. The summed E-state index contributed by atoms with van der Waals surface area (Å²) in [5.74, 6) is 0.930. The highest BCUT2D eigenvalue weighted by Gasteiger charge is 2.19. The summed E-state index contributed by atoms with van der Waals surface area (Å²) >= 11 is 6.03. The summed E-state index contributed by atoms with van der Waals surface area (Å²) < 4.78 is 16.4. The lowest BCUT2D eigenvalue weighted by Crippen LogP contribution is -2.01. The Bertz CT molecular complexity index is 938. The van der Waals surface area contributed by atoms with Crippen molar-refractivity contribution in [2.24, 2.45) is 0 Å². The van der Waals surface area contributed by atoms with Crippen LogP contribution in [-0.2, 0) is 4.74 Å². The Kier molecular flexibility index (Phi) is 5.99. The molecule has 2 aromatic carbocycles. The molecular formula is C22H20ClNO3. The molecule has 1 heterocycles. The van der Waals surface area contributed by atoms with Gasteiger partial charge in [0.05, 0.1) is 27.6 Å². The van der Waals surface area contributed by atoms with E-state index in [1.54, 1.807) is 27.6 Å². The van der Waals surface area contributed by atoms with E-state index in [0.717, 1.165) is 27.8 Å². The van der Waals surface area contributed by atoms with Crippen LogP contribution in [0.4, 0.5) is 0 Å². The molecule has 0 amide bonds. The normalized spacial score (nSPS) is 11.2. The molecule has 0 bridgehead atoms. The van der Waals surface area contributed by atoms with E-state index in [1.807, 2.05) is 60.7 Å². The SMILES string of the molecule is COC=C(c1ccccc1)c1cc(-c2ccc(Cl)cc2)c(OC)nc1OC. The van der Waals surface area contributed by atoms with Crippen molar-refractivity contribution in [1.29, 1.82) is 0 Å². The number of methoxy groups -OCH3 is 3. The second-order valence-electron chi connectivity index (χ2n) is 5.74. The van der Waals surface area contributed by atoms with Gasteiger partial charge in [-0.1, -0.05) is 54.1 Å². The van der Waals surface area contributed by atoms with Crippen LogP contribution in [0.2, 0.25) is 5.02 Å². The fourth-order valence-corrected chi connectivity index (χ4v) is 2.97. The molecule has 3 rings (SSSR count). The van der Waals surface area contributed by atoms with Crippen molar-refractivity contribution in [2.75, 3.05) is 21.3 Å². The van der Waals surface area contributed by atoms with E-state index in [0.29, 0.717) is 16.8 Å². The Morgan fingerprint density at radius 3 is 2.15 bits per heavy atom. The van der Waals surface area contributed by atoms with Crippen LogP contribution in [0.25, 0.3) is 16.7 Å². The lowest BCUT2D eigenvalue weighted by atomic mass is 9.96. The molecule has 0 atom stereocenters. The maximum atomic E-state index is 6.03. The third kappa shape index (κ3) is 4.07. The number of halogens is 1. The fraction of sp³-hybridized carbons (Fsp3) is 0.136. The minimum absolute atomic E-state index is 0.455. The maximum Gasteiger partial charge on any atom is 0.224 e. The van der Waals surface area contributed by atoms with Gasteiger partial charge < -0.3 is 14.2 Å². The molecule has 27 heavy (non-hydrogen) atoms.